The van der Waals surface area contributed by atoms with Gasteiger partial charge < -0.3 is 9.47 Å². The summed E-state index contributed by atoms with van der Waals surface area (Å²) in [5, 5.41) is 13.7. The molecule has 0 N–H and O–H groups in total. The molecule has 0 fully saturated rings. The number of aryl methyl sites for hydroxylation is 1. The van der Waals surface area contributed by atoms with Crippen LogP contribution in [0.3, 0.4) is 0 Å². The van der Waals surface area contributed by atoms with Gasteiger partial charge in [-0.25, -0.2) is 0 Å². The molecule has 0 aliphatic rings. The molecule has 118 valence electrons. The Balaban J connectivity index is 2.49. The maximum Gasteiger partial charge on any atom is 0.211 e. The molecular formula is C13H14Cl2N4O2S. The summed E-state index contributed by atoms with van der Waals surface area (Å²) in [6.45, 7) is 1.81. The molecule has 0 radical (unpaired) electrons. The van der Waals surface area contributed by atoms with Gasteiger partial charge in [-0.15, -0.1) is 10.2 Å². The first kappa shape index (κ1) is 16.9. The second-order valence-electron chi connectivity index (χ2n) is 4.12. The van der Waals surface area contributed by atoms with Crippen molar-refractivity contribution in [2.75, 3.05) is 20.5 Å². The van der Waals surface area contributed by atoms with Crippen LogP contribution in [0.2, 0.25) is 10.0 Å². The number of halogens is 2. The molecule has 0 saturated carbocycles. The number of hydrogen-bond acceptors (Lipinski definition) is 6. The first-order valence-corrected chi connectivity index (χ1v) is 8.11. The van der Waals surface area contributed by atoms with Crippen LogP contribution < -0.4 is 9.47 Å². The summed E-state index contributed by atoms with van der Waals surface area (Å²) < 4.78 is 12.1. The fourth-order valence-electron chi connectivity index (χ4n) is 1.81. The van der Waals surface area contributed by atoms with Gasteiger partial charge in [0.05, 0.1) is 25.5 Å². The summed E-state index contributed by atoms with van der Waals surface area (Å²) >= 11 is 13.8. The van der Waals surface area contributed by atoms with Gasteiger partial charge in [-0.05, 0) is 19.2 Å². The summed E-state index contributed by atoms with van der Waals surface area (Å²) in [7, 11) is 3.01. The first-order valence-electron chi connectivity index (χ1n) is 6.13. The van der Waals surface area contributed by atoms with E-state index in [2.05, 4.69) is 15.3 Å². The molecule has 0 bridgehead atoms. The van der Waals surface area contributed by atoms with E-state index < -0.39 is 0 Å². The first-order chi connectivity index (χ1) is 10.5. The second kappa shape index (κ2) is 7.21. The van der Waals surface area contributed by atoms with E-state index in [-0.39, 0.29) is 0 Å². The zero-order chi connectivity index (χ0) is 16.3. The van der Waals surface area contributed by atoms with Crippen molar-refractivity contribution in [3.05, 3.63) is 27.5 Å². The number of hydrogen-bond donors (Lipinski definition) is 0. The lowest BCUT2D eigenvalue weighted by Gasteiger charge is -2.12. The van der Waals surface area contributed by atoms with E-state index in [1.165, 1.54) is 26.0 Å². The topological polar surface area (TPSA) is 61.5 Å². The van der Waals surface area contributed by atoms with Crippen LogP contribution >= 0.6 is 35.0 Å². The highest BCUT2D eigenvalue weighted by Crippen LogP contribution is 2.41. The Hall–Kier alpha value is -1.44. The van der Waals surface area contributed by atoms with Crippen LogP contribution in [0.5, 0.6) is 11.5 Å². The van der Waals surface area contributed by atoms with Crippen molar-refractivity contribution in [1.29, 1.82) is 0 Å². The molecule has 2 aromatic rings. The van der Waals surface area contributed by atoms with Crippen molar-refractivity contribution < 1.29 is 9.47 Å². The van der Waals surface area contributed by atoms with Crippen LogP contribution in [0.15, 0.2) is 16.3 Å². The molecule has 1 aromatic heterocycles. The number of thioether (sulfide) groups is 1. The number of methoxy groups -OCH3 is 2. The van der Waals surface area contributed by atoms with Crippen molar-refractivity contribution in [3.8, 4) is 11.5 Å². The Labute approximate surface area is 142 Å². The lowest BCUT2D eigenvalue weighted by atomic mass is 10.2. The SMILES string of the molecule is COc1c(Cl)cc(/C=N\n2c(C)nnc2SC)c(OC)c1Cl. The monoisotopic (exact) mass is 360 g/mol. The highest BCUT2D eigenvalue weighted by Gasteiger charge is 2.16. The zero-order valence-electron chi connectivity index (χ0n) is 12.4. The van der Waals surface area contributed by atoms with Crippen molar-refractivity contribution in [1.82, 2.24) is 14.9 Å². The molecule has 0 aliphatic carbocycles. The minimum absolute atomic E-state index is 0.296. The number of ether oxygens (including phenoxy) is 2. The predicted molar refractivity (Wildman–Crippen MR) is 89.1 cm³/mol. The maximum atomic E-state index is 6.24. The largest absolute Gasteiger partial charge is 0.494 e. The third-order valence-corrected chi connectivity index (χ3v) is 4.07. The van der Waals surface area contributed by atoms with Gasteiger partial charge in [0.2, 0.25) is 5.16 Å². The number of rotatable bonds is 5. The number of nitrogens with zero attached hydrogens (tertiary/aromatic N) is 4. The third kappa shape index (κ3) is 3.16. The molecule has 0 unspecified atom stereocenters. The summed E-state index contributed by atoms with van der Waals surface area (Å²) in [6.07, 6.45) is 3.49. The minimum Gasteiger partial charge on any atom is -0.494 e. The fraction of sp³-hybridized carbons (Fsp3) is 0.308. The van der Waals surface area contributed by atoms with E-state index in [9.17, 15) is 0 Å². The standard InChI is InChI=1S/C13H14Cl2N4O2S/c1-7-17-18-13(22-4)19(7)16-6-8-5-9(14)12(21-3)10(15)11(8)20-2/h5-6H,1-4H3/b16-6-. The van der Waals surface area contributed by atoms with Gasteiger partial charge in [0.25, 0.3) is 0 Å². The van der Waals surface area contributed by atoms with Crippen molar-refractivity contribution in [3.63, 3.8) is 0 Å². The van der Waals surface area contributed by atoms with E-state index in [1.807, 2.05) is 13.2 Å². The van der Waals surface area contributed by atoms with E-state index >= 15 is 0 Å². The van der Waals surface area contributed by atoms with E-state index in [1.54, 1.807) is 17.0 Å². The fourth-order valence-corrected chi connectivity index (χ4v) is 2.99. The van der Waals surface area contributed by atoms with Gasteiger partial charge in [0.15, 0.2) is 11.6 Å². The van der Waals surface area contributed by atoms with E-state index in [0.29, 0.717) is 38.1 Å². The molecule has 9 heteroatoms. The van der Waals surface area contributed by atoms with Crippen molar-refractivity contribution >= 4 is 41.2 Å². The molecule has 1 heterocycles. The van der Waals surface area contributed by atoms with E-state index in [4.69, 9.17) is 32.7 Å². The summed E-state index contributed by atoms with van der Waals surface area (Å²) in [5.41, 5.74) is 0.624. The Morgan fingerprint density at radius 2 is 1.91 bits per heavy atom. The molecule has 6 nitrogen and oxygen atoms in total. The molecule has 22 heavy (non-hydrogen) atoms. The van der Waals surface area contributed by atoms with Gasteiger partial charge >= 0.3 is 0 Å². The van der Waals surface area contributed by atoms with Gasteiger partial charge in [-0.2, -0.15) is 9.78 Å². The summed E-state index contributed by atoms with van der Waals surface area (Å²) in [5.74, 6) is 1.47. The number of aromatic nitrogens is 3. The summed E-state index contributed by atoms with van der Waals surface area (Å²) in [6, 6.07) is 1.67. The molecule has 2 rings (SSSR count). The van der Waals surface area contributed by atoms with Crippen LogP contribution in [0.4, 0.5) is 0 Å². The quantitative estimate of drug-likeness (QED) is 0.602. The average Bonchev–Trinajstić information content (AvgIpc) is 2.85. The van der Waals surface area contributed by atoms with Gasteiger partial charge in [-0.1, -0.05) is 35.0 Å². The van der Waals surface area contributed by atoms with Gasteiger partial charge in [0, 0.05) is 5.56 Å². The third-order valence-electron chi connectivity index (χ3n) is 2.83. The maximum absolute atomic E-state index is 6.24. The van der Waals surface area contributed by atoms with E-state index in [0.717, 1.165) is 0 Å². The minimum atomic E-state index is 0.296. The lowest BCUT2D eigenvalue weighted by molar-refractivity contribution is 0.394. The normalized spacial score (nSPS) is 11.2. The summed E-state index contributed by atoms with van der Waals surface area (Å²) in [4.78, 5) is 0. The average molecular weight is 361 g/mol. The molecule has 1 aromatic carbocycles. The lowest BCUT2D eigenvalue weighted by Crippen LogP contribution is -1.99. The Kier molecular flexibility index (Phi) is 5.55. The van der Waals surface area contributed by atoms with Crippen LogP contribution in [0.25, 0.3) is 0 Å². The molecule has 0 amide bonds. The van der Waals surface area contributed by atoms with Gasteiger partial charge in [0.1, 0.15) is 10.8 Å². The molecule has 0 spiro atoms. The van der Waals surface area contributed by atoms with Crippen LogP contribution in [0, 0.1) is 6.92 Å². The van der Waals surface area contributed by atoms with Crippen molar-refractivity contribution in [2.45, 2.75) is 12.1 Å². The second-order valence-corrected chi connectivity index (χ2v) is 5.68. The smallest absolute Gasteiger partial charge is 0.211 e. The highest BCUT2D eigenvalue weighted by molar-refractivity contribution is 7.98. The Morgan fingerprint density at radius 3 is 2.50 bits per heavy atom. The number of benzene rings is 1. The van der Waals surface area contributed by atoms with Crippen LogP contribution in [0.1, 0.15) is 11.4 Å². The molecule has 0 atom stereocenters. The Bertz CT molecular complexity index is 719. The highest BCUT2D eigenvalue weighted by atomic mass is 35.5. The Morgan fingerprint density at radius 1 is 1.23 bits per heavy atom. The molecule has 0 aliphatic heterocycles. The van der Waals surface area contributed by atoms with Crippen molar-refractivity contribution in [2.24, 2.45) is 5.10 Å². The van der Waals surface area contributed by atoms with Gasteiger partial charge in [-0.3, -0.25) is 0 Å². The van der Waals surface area contributed by atoms with Crippen LogP contribution in [-0.2, 0) is 0 Å². The van der Waals surface area contributed by atoms with Crippen LogP contribution in [-0.4, -0.2) is 41.6 Å². The molecule has 0 saturated heterocycles. The molecular weight excluding hydrogens is 347 g/mol. The zero-order valence-corrected chi connectivity index (χ0v) is 14.8. The predicted octanol–water partition coefficient (Wildman–Crippen LogP) is 3.51.